The molecular formula is C13H14BrN3. The number of nitrogens with one attached hydrogen (secondary N) is 1. The number of guanidine groups is 1. The van der Waals surface area contributed by atoms with Gasteiger partial charge in [0.25, 0.3) is 0 Å². The Hall–Kier alpha value is -1.55. The van der Waals surface area contributed by atoms with Gasteiger partial charge in [0.15, 0.2) is 5.96 Å². The van der Waals surface area contributed by atoms with E-state index >= 15 is 0 Å². The number of nitrogens with zero attached hydrogens (tertiary/aromatic N) is 1. The normalized spacial score (nSPS) is 11.8. The fraction of sp³-hybridized carbons (Fsp3) is 0.154. The number of fused-ring (bicyclic) bond motifs is 1. The Morgan fingerprint density at radius 1 is 1.24 bits per heavy atom. The van der Waals surface area contributed by atoms with Crippen molar-refractivity contribution in [3.05, 3.63) is 40.9 Å². The number of benzene rings is 2. The third kappa shape index (κ3) is 2.97. The average Bonchev–Trinajstić information content (AvgIpc) is 2.29. The molecule has 0 aliphatic rings. The quantitative estimate of drug-likeness (QED) is 0.659. The van der Waals surface area contributed by atoms with Crippen molar-refractivity contribution < 1.29 is 0 Å². The van der Waals surface area contributed by atoms with Gasteiger partial charge in [-0.1, -0.05) is 28.1 Å². The average molecular weight is 292 g/mol. The van der Waals surface area contributed by atoms with Gasteiger partial charge < -0.3 is 11.1 Å². The number of halogens is 1. The van der Waals surface area contributed by atoms with Crippen molar-refractivity contribution in [2.75, 3.05) is 11.9 Å². The summed E-state index contributed by atoms with van der Waals surface area (Å²) >= 11 is 3.46. The topological polar surface area (TPSA) is 50.4 Å². The minimum absolute atomic E-state index is 0.448. The number of hydrogen-bond acceptors (Lipinski definition) is 1. The van der Waals surface area contributed by atoms with Gasteiger partial charge in [-0.2, -0.15) is 0 Å². The Morgan fingerprint density at radius 2 is 1.94 bits per heavy atom. The maximum atomic E-state index is 5.72. The molecule has 0 unspecified atom stereocenters. The molecule has 0 aromatic heterocycles. The predicted molar refractivity (Wildman–Crippen MR) is 77.4 cm³/mol. The second kappa shape index (κ2) is 5.19. The summed E-state index contributed by atoms with van der Waals surface area (Å²) in [7, 11) is 0. The highest BCUT2D eigenvalue weighted by Crippen LogP contribution is 2.22. The Balaban J connectivity index is 2.32. The summed E-state index contributed by atoms with van der Waals surface area (Å²) in [5.41, 5.74) is 6.67. The minimum atomic E-state index is 0.448. The summed E-state index contributed by atoms with van der Waals surface area (Å²) in [5.74, 6) is 0.448. The highest BCUT2D eigenvalue weighted by Gasteiger charge is 1.98. The van der Waals surface area contributed by atoms with E-state index in [0.717, 1.165) is 10.2 Å². The smallest absolute Gasteiger partial charge is 0.193 e. The van der Waals surface area contributed by atoms with Crippen molar-refractivity contribution >= 4 is 38.3 Å². The van der Waals surface area contributed by atoms with Crippen LogP contribution in [0.15, 0.2) is 45.9 Å². The molecule has 0 amide bonds. The number of anilines is 1. The summed E-state index contributed by atoms with van der Waals surface area (Å²) < 4.78 is 1.08. The number of nitrogens with two attached hydrogens (primary N) is 1. The van der Waals surface area contributed by atoms with Crippen LogP contribution in [0.5, 0.6) is 0 Å². The van der Waals surface area contributed by atoms with Gasteiger partial charge in [-0.3, -0.25) is 4.99 Å². The van der Waals surface area contributed by atoms with Gasteiger partial charge in [-0.25, -0.2) is 0 Å². The molecule has 0 heterocycles. The third-order valence-corrected chi connectivity index (χ3v) is 2.90. The second-order valence-corrected chi connectivity index (χ2v) is 4.61. The van der Waals surface area contributed by atoms with E-state index in [1.54, 1.807) is 0 Å². The van der Waals surface area contributed by atoms with E-state index in [1.165, 1.54) is 10.8 Å². The molecule has 0 aliphatic carbocycles. The van der Waals surface area contributed by atoms with Crippen LogP contribution in [0.25, 0.3) is 10.8 Å². The minimum Gasteiger partial charge on any atom is -0.370 e. The van der Waals surface area contributed by atoms with Crippen LogP contribution in [-0.4, -0.2) is 12.5 Å². The Labute approximate surface area is 109 Å². The van der Waals surface area contributed by atoms with Crippen LogP contribution >= 0.6 is 15.9 Å². The van der Waals surface area contributed by atoms with Crippen molar-refractivity contribution in [3.8, 4) is 0 Å². The van der Waals surface area contributed by atoms with Crippen molar-refractivity contribution in [2.24, 2.45) is 10.7 Å². The standard InChI is InChI=1S/C13H14BrN3/c1-2-16-13(15)17-12-6-4-9-7-11(14)5-3-10(9)8-12/h3-8H,2H2,1H3,(H3,15,16,17). The summed E-state index contributed by atoms with van der Waals surface area (Å²) in [6.45, 7) is 2.63. The van der Waals surface area contributed by atoms with Crippen LogP contribution < -0.4 is 11.1 Å². The van der Waals surface area contributed by atoms with Crippen molar-refractivity contribution in [1.29, 1.82) is 0 Å². The van der Waals surface area contributed by atoms with E-state index in [4.69, 9.17) is 5.73 Å². The molecule has 3 nitrogen and oxygen atoms in total. The lowest BCUT2D eigenvalue weighted by molar-refractivity contribution is 1.12. The Morgan fingerprint density at radius 3 is 2.71 bits per heavy atom. The monoisotopic (exact) mass is 291 g/mol. The van der Waals surface area contributed by atoms with E-state index in [9.17, 15) is 0 Å². The zero-order chi connectivity index (χ0) is 12.3. The van der Waals surface area contributed by atoms with Crippen LogP contribution in [0, 0.1) is 0 Å². The van der Waals surface area contributed by atoms with Gasteiger partial charge in [0, 0.05) is 16.7 Å². The Kier molecular flexibility index (Phi) is 3.64. The maximum absolute atomic E-state index is 5.72. The van der Waals surface area contributed by atoms with Crippen molar-refractivity contribution in [2.45, 2.75) is 6.92 Å². The van der Waals surface area contributed by atoms with Crippen LogP contribution in [0.1, 0.15) is 6.92 Å². The molecule has 0 spiro atoms. The Bertz CT molecular complexity index is 564. The molecule has 88 valence electrons. The molecule has 0 fully saturated rings. The van der Waals surface area contributed by atoms with Crippen molar-refractivity contribution in [3.63, 3.8) is 0 Å². The molecule has 2 rings (SSSR count). The van der Waals surface area contributed by atoms with E-state index < -0.39 is 0 Å². The fourth-order valence-electron chi connectivity index (χ4n) is 1.65. The maximum Gasteiger partial charge on any atom is 0.193 e. The summed E-state index contributed by atoms with van der Waals surface area (Å²) in [6, 6.07) is 12.3. The highest BCUT2D eigenvalue weighted by atomic mass is 79.9. The third-order valence-electron chi connectivity index (χ3n) is 2.40. The molecule has 2 aromatic rings. The van der Waals surface area contributed by atoms with E-state index in [0.29, 0.717) is 12.5 Å². The van der Waals surface area contributed by atoms with E-state index in [1.807, 2.05) is 19.1 Å². The SMILES string of the molecule is CCN=C(N)Nc1ccc2cc(Br)ccc2c1. The lowest BCUT2D eigenvalue weighted by atomic mass is 10.1. The molecule has 3 N–H and O–H groups in total. The first kappa shape index (κ1) is 11.9. The molecular weight excluding hydrogens is 278 g/mol. The molecule has 2 aromatic carbocycles. The first-order chi connectivity index (χ1) is 8.19. The molecule has 0 bridgehead atoms. The van der Waals surface area contributed by atoms with E-state index in [-0.39, 0.29) is 0 Å². The first-order valence-corrected chi connectivity index (χ1v) is 6.24. The number of aliphatic imine (C=N–C) groups is 1. The molecule has 17 heavy (non-hydrogen) atoms. The predicted octanol–water partition coefficient (Wildman–Crippen LogP) is 3.35. The molecule has 4 heteroatoms. The van der Waals surface area contributed by atoms with Gasteiger partial charge in [-0.05, 0) is 42.0 Å². The largest absolute Gasteiger partial charge is 0.370 e. The van der Waals surface area contributed by atoms with Gasteiger partial charge in [0.05, 0.1) is 0 Å². The molecule has 0 saturated carbocycles. The molecule has 0 aliphatic heterocycles. The lowest BCUT2D eigenvalue weighted by Crippen LogP contribution is -2.22. The number of rotatable bonds is 2. The van der Waals surface area contributed by atoms with Crippen LogP contribution in [-0.2, 0) is 0 Å². The van der Waals surface area contributed by atoms with Crippen LogP contribution in [0.3, 0.4) is 0 Å². The van der Waals surface area contributed by atoms with Gasteiger partial charge in [-0.15, -0.1) is 0 Å². The summed E-state index contributed by atoms with van der Waals surface area (Å²) in [6.07, 6.45) is 0. The van der Waals surface area contributed by atoms with Gasteiger partial charge >= 0.3 is 0 Å². The molecule has 0 saturated heterocycles. The highest BCUT2D eigenvalue weighted by molar-refractivity contribution is 9.10. The summed E-state index contributed by atoms with van der Waals surface area (Å²) in [5, 5.41) is 5.43. The molecule has 0 atom stereocenters. The lowest BCUT2D eigenvalue weighted by Gasteiger charge is -2.06. The summed E-state index contributed by atoms with van der Waals surface area (Å²) in [4.78, 5) is 4.09. The number of hydrogen-bond donors (Lipinski definition) is 2. The van der Waals surface area contributed by atoms with Crippen LogP contribution in [0.2, 0.25) is 0 Å². The van der Waals surface area contributed by atoms with E-state index in [2.05, 4.69) is 50.5 Å². The second-order valence-electron chi connectivity index (χ2n) is 3.69. The van der Waals surface area contributed by atoms with Gasteiger partial charge in [0.2, 0.25) is 0 Å². The fourth-order valence-corrected chi connectivity index (χ4v) is 2.03. The zero-order valence-corrected chi connectivity index (χ0v) is 11.2. The van der Waals surface area contributed by atoms with Crippen LogP contribution in [0.4, 0.5) is 5.69 Å². The van der Waals surface area contributed by atoms with Gasteiger partial charge in [0.1, 0.15) is 0 Å². The first-order valence-electron chi connectivity index (χ1n) is 5.45. The zero-order valence-electron chi connectivity index (χ0n) is 9.57. The molecule has 0 radical (unpaired) electrons. The van der Waals surface area contributed by atoms with Crippen molar-refractivity contribution in [1.82, 2.24) is 0 Å².